The maximum absolute atomic E-state index is 13.0. The molecule has 0 aliphatic rings. The summed E-state index contributed by atoms with van der Waals surface area (Å²) in [6, 6.07) is 27.4. The third-order valence-corrected chi connectivity index (χ3v) is 4.43. The SMILES string of the molecule is O=C(C(/C=N/C(=S)NCc1ccccc1)=C(\O)c1ccccc1)c1ccccc1. The summed E-state index contributed by atoms with van der Waals surface area (Å²) in [6.45, 7) is 0.521. The molecule has 144 valence electrons. The summed E-state index contributed by atoms with van der Waals surface area (Å²) in [5, 5.41) is 14.0. The highest BCUT2D eigenvalue weighted by atomic mass is 32.1. The Balaban J connectivity index is 1.84. The number of benzene rings is 3. The smallest absolute Gasteiger partial charge is 0.198 e. The van der Waals surface area contributed by atoms with Gasteiger partial charge in [-0.05, 0) is 17.8 Å². The lowest BCUT2D eigenvalue weighted by Gasteiger charge is -2.08. The zero-order chi connectivity index (χ0) is 20.5. The van der Waals surface area contributed by atoms with Gasteiger partial charge in [0.2, 0.25) is 0 Å². The molecule has 3 aromatic rings. The number of carbonyl (C=O) groups is 1. The van der Waals surface area contributed by atoms with Gasteiger partial charge in [0.25, 0.3) is 0 Å². The van der Waals surface area contributed by atoms with Crippen LogP contribution in [-0.2, 0) is 6.54 Å². The van der Waals surface area contributed by atoms with Crippen molar-refractivity contribution in [3.05, 3.63) is 113 Å². The summed E-state index contributed by atoms with van der Waals surface area (Å²) >= 11 is 5.25. The monoisotopic (exact) mass is 400 g/mol. The van der Waals surface area contributed by atoms with Gasteiger partial charge in [-0.3, -0.25) is 4.79 Å². The van der Waals surface area contributed by atoms with Gasteiger partial charge in [0.15, 0.2) is 10.9 Å². The first-order valence-corrected chi connectivity index (χ1v) is 9.50. The van der Waals surface area contributed by atoms with Crippen LogP contribution in [0.2, 0.25) is 0 Å². The number of allylic oxidation sites excluding steroid dienone is 1. The number of ketones is 1. The second-order valence-electron chi connectivity index (χ2n) is 6.23. The highest BCUT2D eigenvalue weighted by Gasteiger charge is 2.17. The summed E-state index contributed by atoms with van der Waals surface area (Å²) in [4.78, 5) is 17.2. The Kier molecular flexibility index (Phi) is 7.03. The van der Waals surface area contributed by atoms with E-state index in [1.807, 2.05) is 42.5 Å². The molecule has 3 rings (SSSR count). The lowest BCUT2D eigenvalue weighted by Crippen LogP contribution is -2.19. The number of hydrogen-bond acceptors (Lipinski definition) is 3. The molecule has 2 N–H and O–H groups in total. The van der Waals surface area contributed by atoms with E-state index >= 15 is 0 Å². The van der Waals surface area contributed by atoms with Gasteiger partial charge in [-0.25, -0.2) is 4.99 Å². The van der Waals surface area contributed by atoms with Gasteiger partial charge in [0.05, 0.1) is 5.57 Å². The number of aliphatic imine (C=N–C) groups is 1. The molecule has 0 aliphatic carbocycles. The largest absolute Gasteiger partial charge is 0.506 e. The Morgan fingerprint density at radius 2 is 1.38 bits per heavy atom. The molecule has 0 radical (unpaired) electrons. The van der Waals surface area contributed by atoms with Crippen LogP contribution >= 0.6 is 12.2 Å². The highest BCUT2D eigenvalue weighted by Crippen LogP contribution is 2.18. The van der Waals surface area contributed by atoms with Crippen LogP contribution < -0.4 is 5.32 Å². The lowest BCUT2D eigenvalue weighted by atomic mass is 10.0. The number of aliphatic hydroxyl groups is 1. The molecule has 0 atom stereocenters. The van der Waals surface area contributed by atoms with E-state index in [-0.39, 0.29) is 22.2 Å². The zero-order valence-corrected chi connectivity index (χ0v) is 16.5. The van der Waals surface area contributed by atoms with Crippen LogP contribution in [0, 0.1) is 0 Å². The van der Waals surface area contributed by atoms with Crippen LogP contribution in [0.15, 0.2) is 102 Å². The van der Waals surface area contributed by atoms with Crippen molar-refractivity contribution >= 4 is 35.1 Å². The second kappa shape index (κ2) is 10.1. The molecular formula is C24H20N2O2S. The first-order chi connectivity index (χ1) is 14.1. The van der Waals surface area contributed by atoms with Crippen LogP contribution in [0.4, 0.5) is 0 Å². The third kappa shape index (κ3) is 5.70. The minimum Gasteiger partial charge on any atom is -0.506 e. The summed E-state index contributed by atoms with van der Waals surface area (Å²) in [6.07, 6.45) is 1.32. The average Bonchev–Trinajstić information content (AvgIpc) is 2.79. The number of hydrogen-bond donors (Lipinski definition) is 2. The molecule has 0 unspecified atom stereocenters. The number of nitrogens with zero attached hydrogens (tertiary/aromatic N) is 1. The van der Waals surface area contributed by atoms with Gasteiger partial charge in [-0.1, -0.05) is 91.0 Å². The van der Waals surface area contributed by atoms with E-state index in [1.54, 1.807) is 48.5 Å². The van der Waals surface area contributed by atoms with Crippen molar-refractivity contribution in [3.63, 3.8) is 0 Å². The van der Waals surface area contributed by atoms with E-state index in [2.05, 4.69) is 10.3 Å². The number of thiocarbonyl (C=S) groups is 1. The first-order valence-electron chi connectivity index (χ1n) is 9.09. The Hall–Kier alpha value is -3.57. The Morgan fingerprint density at radius 1 is 0.862 bits per heavy atom. The molecule has 4 nitrogen and oxygen atoms in total. The minimum atomic E-state index is -0.332. The molecule has 0 aromatic heterocycles. The summed E-state index contributed by atoms with van der Waals surface area (Å²) in [5.41, 5.74) is 2.13. The van der Waals surface area contributed by atoms with E-state index in [0.717, 1.165) is 5.56 Å². The fraction of sp³-hybridized carbons (Fsp3) is 0.0417. The Morgan fingerprint density at radius 3 is 1.97 bits per heavy atom. The van der Waals surface area contributed by atoms with Crippen LogP contribution in [0.25, 0.3) is 5.76 Å². The molecule has 0 fully saturated rings. The van der Waals surface area contributed by atoms with Gasteiger partial charge < -0.3 is 10.4 Å². The standard InChI is InChI=1S/C24H20N2O2S/c27-22(19-12-6-2-7-13-19)21(23(28)20-14-8-3-9-15-20)17-26-24(29)25-16-18-10-4-1-5-11-18/h1-15,17,27H,16H2,(H,25,29)/b22-21-,26-17+. The van der Waals surface area contributed by atoms with Crippen molar-refractivity contribution in [3.8, 4) is 0 Å². The molecule has 3 aromatic carbocycles. The van der Waals surface area contributed by atoms with Crippen molar-refractivity contribution in [2.24, 2.45) is 4.99 Å². The second-order valence-corrected chi connectivity index (χ2v) is 6.61. The van der Waals surface area contributed by atoms with Crippen molar-refractivity contribution in [1.82, 2.24) is 5.32 Å². The minimum absolute atomic E-state index is 0.0752. The molecule has 0 saturated carbocycles. The van der Waals surface area contributed by atoms with Crippen molar-refractivity contribution in [2.45, 2.75) is 6.54 Å². The van der Waals surface area contributed by atoms with Crippen LogP contribution in [0.1, 0.15) is 21.5 Å². The Labute approximate surface area is 175 Å². The van der Waals surface area contributed by atoms with E-state index in [0.29, 0.717) is 17.7 Å². The van der Waals surface area contributed by atoms with Gasteiger partial charge >= 0.3 is 0 Å². The zero-order valence-electron chi connectivity index (χ0n) is 15.7. The fourth-order valence-corrected chi connectivity index (χ4v) is 2.79. The predicted octanol–water partition coefficient (Wildman–Crippen LogP) is 4.98. The summed E-state index contributed by atoms with van der Waals surface area (Å²) < 4.78 is 0. The van der Waals surface area contributed by atoms with Crippen molar-refractivity contribution in [2.75, 3.05) is 0 Å². The maximum Gasteiger partial charge on any atom is 0.198 e. The number of rotatable bonds is 6. The van der Waals surface area contributed by atoms with Gasteiger partial charge in [-0.15, -0.1) is 0 Å². The molecule has 0 amide bonds. The molecule has 0 spiro atoms. The molecule has 0 heterocycles. The van der Waals surface area contributed by atoms with Gasteiger partial charge in [0, 0.05) is 23.9 Å². The van der Waals surface area contributed by atoms with Crippen LogP contribution in [0.3, 0.4) is 0 Å². The topological polar surface area (TPSA) is 61.7 Å². The number of nitrogens with one attached hydrogen (secondary N) is 1. The van der Waals surface area contributed by atoms with E-state index in [9.17, 15) is 9.90 Å². The third-order valence-electron chi connectivity index (χ3n) is 4.18. The fourth-order valence-electron chi connectivity index (χ4n) is 2.67. The maximum atomic E-state index is 13.0. The lowest BCUT2D eigenvalue weighted by molar-refractivity contribution is 0.104. The average molecular weight is 401 g/mol. The predicted molar refractivity (Wildman–Crippen MR) is 121 cm³/mol. The summed E-state index contributed by atoms with van der Waals surface area (Å²) in [7, 11) is 0. The van der Waals surface area contributed by atoms with E-state index in [4.69, 9.17) is 12.2 Å². The van der Waals surface area contributed by atoms with E-state index in [1.165, 1.54) is 6.21 Å². The quantitative estimate of drug-likeness (QED) is 0.201. The normalized spacial score (nSPS) is 11.7. The van der Waals surface area contributed by atoms with E-state index < -0.39 is 0 Å². The number of aliphatic hydroxyl groups excluding tert-OH is 1. The molecule has 0 bridgehead atoms. The first kappa shape index (κ1) is 20.2. The molecule has 0 aliphatic heterocycles. The molecule has 5 heteroatoms. The molecule has 29 heavy (non-hydrogen) atoms. The molecular weight excluding hydrogens is 380 g/mol. The van der Waals surface area contributed by atoms with Crippen LogP contribution in [0.5, 0.6) is 0 Å². The Bertz CT molecular complexity index is 1030. The summed E-state index contributed by atoms with van der Waals surface area (Å²) in [5.74, 6) is -0.476. The van der Waals surface area contributed by atoms with Crippen LogP contribution in [-0.4, -0.2) is 22.2 Å². The van der Waals surface area contributed by atoms with Gasteiger partial charge in [0.1, 0.15) is 5.76 Å². The highest BCUT2D eigenvalue weighted by molar-refractivity contribution is 7.80. The van der Waals surface area contributed by atoms with Crippen molar-refractivity contribution in [1.29, 1.82) is 0 Å². The van der Waals surface area contributed by atoms with Gasteiger partial charge in [-0.2, -0.15) is 0 Å². The number of Topliss-reactive ketones (excluding diaryl/α,β-unsaturated/α-hetero) is 1. The van der Waals surface area contributed by atoms with Crippen molar-refractivity contribution < 1.29 is 9.90 Å². The number of carbonyl (C=O) groups excluding carboxylic acids is 1. The molecule has 0 saturated heterocycles.